The number of benzene rings is 1. The summed E-state index contributed by atoms with van der Waals surface area (Å²) in [4.78, 5) is 25.7. The molecular weight excluding hydrogens is 458 g/mol. The minimum absolute atomic E-state index is 0.0467. The molecule has 1 fully saturated rings. The van der Waals surface area contributed by atoms with Gasteiger partial charge in [0.2, 0.25) is 21.8 Å². The number of nitrogens with zero attached hydrogens (tertiary/aromatic N) is 2. The van der Waals surface area contributed by atoms with Crippen molar-refractivity contribution < 1.29 is 18.0 Å². The molecule has 10 heteroatoms. The van der Waals surface area contributed by atoms with E-state index in [-0.39, 0.29) is 53.8 Å². The molecule has 7 nitrogen and oxygen atoms in total. The minimum atomic E-state index is -3.74. The monoisotopic (exact) mass is 479 g/mol. The first-order valence-electron chi connectivity index (χ1n) is 8.55. The van der Waals surface area contributed by atoms with Crippen LogP contribution < -0.4 is 5.32 Å². The summed E-state index contributed by atoms with van der Waals surface area (Å²) in [5.74, 6) is -0.531. The largest absolute Gasteiger partial charge is 0.344 e. The third kappa shape index (κ3) is 5.22. The lowest BCUT2D eigenvalue weighted by Crippen LogP contribution is -2.56. The second-order valence-electron chi connectivity index (χ2n) is 6.73. The van der Waals surface area contributed by atoms with Crippen molar-refractivity contribution in [2.75, 3.05) is 26.2 Å². The number of hydrogen-bond acceptors (Lipinski definition) is 4. The normalized spacial score (nSPS) is 17.0. The van der Waals surface area contributed by atoms with Crippen molar-refractivity contribution in [2.24, 2.45) is 5.92 Å². The Labute approximate surface area is 173 Å². The van der Waals surface area contributed by atoms with Crippen molar-refractivity contribution in [2.45, 2.75) is 31.7 Å². The topological polar surface area (TPSA) is 86.8 Å². The molecule has 0 aliphatic carbocycles. The fourth-order valence-corrected chi connectivity index (χ4v) is 5.34. The lowest BCUT2D eigenvalue weighted by Gasteiger charge is -2.36. The van der Waals surface area contributed by atoms with Gasteiger partial charge in [-0.15, -0.1) is 0 Å². The van der Waals surface area contributed by atoms with Crippen LogP contribution in [-0.2, 0) is 19.6 Å². The maximum absolute atomic E-state index is 12.8. The summed E-state index contributed by atoms with van der Waals surface area (Å²) in [6.07, 6.45) is 0. The van der Waals surface area contributed by atoms with Crippen molar-refractivity contribution in [3.05, 3.63) is 27.7 Å². The number of hydrogen-bond donors (Lipinski definition) is 1. The van der Waals surface area contributed by atoms with Crippen LogP contribution in [0, 0.1) is 5.92 Å². The average Bonchev–Trinajstić information content (AvgIpc) is 2.58. The van der Waals surface area contributed by atoms with Crippen LogP contribution in [0.15, 0.2) is 27.6 Å². The zero-order valence-corrected chi connectivity index (χ0v) is 18.6. The molecule has 1 atom stereocenters. The van der Waals surface area contributed by atoms with Gasteiger partial charge in [-0.05, 0) is 24.1 Å². The summed E-state index contributed by atoms with van der Waals surface area (Å²) < 4.78 is 27.7. The predicted octanol–water partition coefficient (Wildman–Crippen LogP) is 2.10. The SMILES string of the molecule is CC(=O)N[C@@H](C(=O)N1CCN(S(=O)(=O)c2ccc(Br)cc2Cl)CC1)C(C)C. The molecule has 1 N–H and O–H groups in total. The molecule has 2 rings (SSSR count). The molecule has 2 amide bonds. The van der Waals surface area contributed by atoms with Gasteiger partial charge in [0, 0.05) is 37.6 Å². The molecule has 0 saturated carbocycles. The van der Waals surface area contributed by atoms with Crippen molar-refractivity contribution in [1.29, 1.82) is 0 Å². The van der Waals surface area contributed by atoms with Crippen LogP contribution in [0.25, 0.3) is 0 Å². The van der Waals surface area contributed by atoms with E-state index in [0.717, 1.165) is 0 Å². The number of carbonyl (C=O) groups excluding carboxylic acids is 2. The summed E-state index contributed by atoms with van der Waals surface area (Å²) in [6, 6.07) is 4.01. The number of rotatable bonds is 5. The van der Waals surface area contributed by atoms with Gasteiger partial charge in [0.05, 0.1) is 5.02 Å². The van der Waals surface area contributed by atoms with E-state index in [1.54, 1.807) is 11.0 Å². The van der Waals surface area contributed by atoms with Gasteiger partial charge in [-0.2, -0.15) is 4.31 Å². The molecule has 0 radical (unpaired) electrons. The Balaban J connectivity index is 2.09. The van der Waals surface area contributed by atoms with E-state index in [1.165, 1.54) is 23.4 Å². The van der Waals surface area contributed by atoms with Gasteiger partial charge in [-0.1, -0.05) is 41.4 Å². The van der Waals surface area contributed by atoms with E-state index in [2.05, 4.69) is 21.2 Å². The van der Waals surface area contributed by atoms with Crippen LogP contribution in [0.4, 0.5) is 0 Å². The first-order valence-corrected chi connectivity index (χ1v) is 11.2. The third-order valence-electron chi connectivity index (χ3n) is 4.35. The summed E-state index contributed by atoms with van der Waals surface area (Å²) in [5.41, 5.74) is 0. The Kier molecular flexibility index (Phi) is 7.29. The number of piperazine rings is 1. The number of sulfonamides is 1. The Bertz CT molecular complexity index is 823. The van der Waals surface area contributed by atoms with Gasteiger partial charge in [0.1, 0.15) is 10.9 Å². The van der Waals surface area contributed by atoms with Crippen LogP contribution in [-0.4, -0.2) is 61.7 Å². The standard InChI is InChI=1S/C17H23BrClN3O4S/c1-11(2)16(20-12(3)23)17(24)21-6-8-22(9-7-21)27(25,26)15-5-4-13(18)10-14(15)19/h4-5,10-11,16H,6-9H2,1-3H3,(H,20,23)/t16-/m1/s1. The van der Waals surface area contributed by atoms with Crippen molar-refractivity contribution in [3.8, 4) is 0 Å². The van der Waals surface area contributed by atoms with Crippen molar-refractivity contribution >= 4 is 49.4 Å². The highest BCUT2D eigenvalue weighted by molar-refractivity contribution is 9.10. The van der Waals surface area contributed by atoms with Crippen LogP contribution in [0.1, 0.15) is 20.8 Å². The second-order valence-corrected chi connectivity index (χ2v) is 9.96. The zero-order chi connectivity index (χ0) is 20.4. The molecule has 1 aromatic carbocycles. The highest BCUT2D eigenvalue weighted by Crippen LogP contribution is 2.28. The smallest absolute Gasteiger partial charge is 0.245 e. The van der Waals surface area contributed by atoms with Gasteiger partial charge < -0.3 is 10.2 Å². The Morgan fingerprint density at radius 1 is 1.19 bits per heavy atom. The first kappa shape index (κ1) is 22.1. The highest BCUT2D eigenvalue weighted by Gasteiger charge is 2.34. The highest BCUT2D eigenvalue weighted by atomic mass is 79.9. The van der Waals surface area contributed by atoms with E-state index in [9.17, 15) is 18.0 Å². The summed E-state index contributed by atoms with van der Waals surface area (Å²) in [6.45, 7) is 5.94. The molecule has 0 bridgehead atoms. The lowest BCUT2D eigenvalue weighted by molar-refractivity contribution is -0.138. The van der Waals surface area contributed by atoms with Crippen molar-refractivity contribution in [3.63, 3.8) is 0 Å². The molecule has 150 valence electrons. The van der Waals surface area contributed by atoms with Gasteiger partial charge in [0.15, 0.2) is 0 Å². The molecule has 0 unspecified atom stereocenters. The molecule has 1 saturated heterocycles. The van der Waals surface area contributed by atoms with E-state index in [0.29, 0.717) is 4.47 Å². The Hall–Kier alpha value is -1.16. The number of carbonyl (C=O) groups is 2. The van der Waals surface area contributed by atoms with E-state index >= 15 is 0 Å². The number of amides is 2. The number of nitrogens with one attached hydrogen (secondary N) is 1. The van der Waals surface area contributed by atoms with Gasteiger partial charge in [-0.25, -0.2) is 8.42 Å². The lowest BCUT2D eigenvalue weighted by atomic mass is 10.0. The molecular formula is C17H23BrClN3O4S. The van der Waals surface area contributed by atoms with Crippen LogP contribution in [0.2, 0.25) is 5.02 Å². The summed E-state index contributed by atoms with van der Waals surface area (Å²) in [7, 11) is -3.74. The molecule has 1 heterocycles. The maximum atomic E-state index is 12.8. The van der Waals surface area contributed by atoms with E-state index < -0.39 is 16.1 Å². The summed E-state index contributed by atoms with van der Waals surface area (Å²) >= 11 is 9.35. The molecule has 0 aromatic heterocycles. The molecule has 1 aliphatic rings. The van der Waals surface area contributed by atoms with E-state index in [4.69, 9.17) is 11.6 Å². The molecule has 27 heavy (non-hydrogen) atoms. The van der Waals surface area contributed by atoms with Gasteiger partial charge >= 0.3 is 0 Å². The van der Waals surface area contributed by atoms with Gasteiger partial charge in [-0.3, -0.25) is 9.59 Å². The molecule has 1 aromatic rings. The average molecular weight is 481 g/mol. The minimum Gasteiger partial charge on any atom is -0.344 e. The van der Waals surface area contributed by atoms with E-state index in [1.807, 2.05) is 13.8 Å². The Morgan fingerprint density at radius 2 is 1.78 bits per heavy atom. The van der Waals surface area contributed by atoms with Crippen LogP contribution >= 0.6 is 27.5 Å². The molecule has 0 spiro atoms. The van der Waals surface area contributed by atoms with Crippen LogP contribution in [0.5, 0.6) is 0 Å². The quantitative estimate of drug-likeness (QED) is 0.699. The summed E-state index contributed by atoms with van der Waals surface area (Å²) in [5, 5.41) is 2.82. The van der Waals surface area contributed by atoms with Gasteiger partial charge in [0.25, 0.3) is 0 Å². The second kappa shape index (κ2) is 8.89. The Morgan fingerprint density at radius 3 is 2.26 bits per heavy atom. The third-order valence-corrected chi connectivity index (χ3v) is 7.23. The first-order chi connectivity index (χ1) is 12.5. The fourth-order valence-electron chi connectivity index (χ4n) is 2.90. The number of halogens is 2. The zero-order valence-electron chi connectivity index (χ0n) is 15.4. The predicted molar refractivity (Wildman–Crippen MR) is 107 cm³/mol. The fraction of sp³-hybridized carbons (Fsp3) is 0.529. The van der Waals surface area contributed by atoms with Crippen LogP contribution in [0.3, 0.4) is 0 Å². The maximum Gasteiger partial charge on any atom is 0.245 e. The van der Waals surface area contributed by atoms with Crippen molar-refractivity contribution in [1.82, 2.24) is 14.5 Å². The molecule has 1 aliphatic heterocycles.